The van der Waals surface area contributed by atoms with Gasteiger partial charge in [-0.1, -0.05) is 30.3 Å². The molecule has 2 rings (SSSR count). The lowest BCUT2D eigenvalue weighted by Crippen LogP contribution is -2.32. The molecule has 2 aromatic rings. The zero-order valence-electron chi connectivity index (χ0n) is 15.7. The van der Waals surface area contributed by atoms with Gasteiger partial charge in [-0.3, -0.25) is 0 Å². The molecule has 136 valence electrons. The Morgan fingerprint density at radius 2 is 1.64 bits per heavy atom. The summed E-state index contributed by atoms with van der Waals surface area (Å²) in [5.41, 5.74) is 2.51. The van der Waals surface area contributed by atoms with Gasteiger partial charge in [-0.25, -0.2) is 0 Å². The van der Waals surface area contributed by atoms with Crippen LogP contribution in [0.15, 0.2) is 48.5 Å². The maximum absolute atomic E-state index is 6.04. The van der Waals surface area contributed by atoms with Crippen LogP contribution in [0, 0.1) is 0 Å². The second kappa shape index (κ2) is 10.1. The Labute approximate surface area is 151 Å². The van der Waals surface area contributed by atoms with Crippen molar-refractivity contribution < 1.29 is 14.2 Å². The maximum atomic E-state index is 6.04. The molecule has 0 aromatic heterocycles. The number of likely N-dealkylation sites (N-methyl/N-ethyl adjacent to an activating group) is 1. The Morgan fingerprint density at radius 1 is 0.920 bits per heavy atom. The predicted octanol–water partition coefficient (Wildman–Crippen LogP) is 3.44. The van der Waals surface area contributed by atoms with Crippen molar-refractivity contribution in [3.63, 3.8) is 0 Å². The van der Waals surface area contributed by atoms with Crippen LogP contribution in [0.2, 0.25) is 0 Å². The minimum Gasteiger partial charge on any atom is -0.497 e. The maximum Gasteiger partial charge on any atom is 0.122 e. The molecular weight excluding hydrogens is 314 g/mol. The zero-order chi connectivity index (χ0) is 18.1. The Kier molecular flexibility index (Phi) is 7.76. The molecule has 0 radical (unpaired) electrons. The van der Waals surface area contributed by atoms with E-state index >= 15 is 0 Å². The number of hydrogen-bond acceptors (Lipinski definition) is 4. The lowest BCUT2D eigenvalue weighted by molar-refractivity contribution is 0.0396. The fourth-order valence-corrected chi connectivity index (χ4v) is 2.71. The fraction of sp³-hybridized carbons (Fsp3) is 0.429. The van der Waals surface area contributed by atoms with E-state index in [4.69, 9.17) is 14.2 Å². The molecule has 0 N–H and O–H groups in total. The van der Waals surface area contributed by atoms with Gasteiger partial charge in [-0.2, -0.15) is 0 Å². The molecule has 0 bridgehead atoms. The number of benzene rings is 2. The van der Waals surface area contributed by atoms with Crippen molar-refractivity contribution in [2.24, 2.45) is 0 Å². The van der Waals surface area contributed by atoms with E-state index in [0.29, 0.717) is 6.61 Å². The molecule has 0 heterocycles. The summed E-state index contributed by atoms with van der Waals surface area (Å²) in [6.45, 7) is 1.39. The Hall–Kier alpha value is -2.04. The van der Waals surface area contributed by atoms with E-state index in [0.717, 1.165) is 30.9 Å². The third-order valence-electron chi connectivity index (χ3n) is 4.14. The van der Waals surface area contributed by atoms with Crippen LogP contribution in [0.5, 0.6) is 11.5 Å². The van der Waals surface area contributed by atoms with Crippen molar-refractivity contribution in [1.82, 2.24) is 4.90 Å². The highest BCUT2D eigenvalue weighted by molar-refractivity contribution is 5.35. The van der Waals surface area contributed by atoms with Crippen LogP contribution in [0.1, 0.15) is 11.1 Å². The number of ether oxygens (including phenoxy) is 3. The first-order chi connectivity index (χ1) is 12.1. The van der Waals surface area contributed by atoms with Crippen molar-refractivity contribution in [1.29, 1.82) is 0 Å². The second-order valence-corrected chi connectivity index (χ2v) is 6.39. The molecule has 0 amide bonds. The standard InChI is InChI=1S/C21H29NO3/c1-22(2)15-20(24-4)16-25-21-8-6-5-7-18(21)12-9-17-10-13-19(23-3)14-11-17/h5-8,10-11,13-14,20H,9,12,15-16H2,1-4H3. The van der Waals surface area contributed by atoms with E-state index in [1.807, 2.05) is 38.4 Å². The number of para-hydroxylation sites is 1. The molecule has 4 heteroatoms. The summed E-state index contributed by atoms with van der Waals surface area (Å²) in [6, 6.07) is 16.5. The highest BCUT2D eigenvalue weighted by Gasteiger charge is 2.11. The summed E-state index contributed by atoms with van der Waals surface area (Å²) in [5, 5.41) is 0. The van der Waals surface area contributed by atoms with Crippen molar-refractivity contribution >= 4 is 0 Å². The molecule has 25 heavy (non-hydrogen) atoms. The Balaban J connectivity index is 1.94. The number of methoxy groups -OCH3 is 2. The van der Waals surface area contributed by atoms with Crippen LogP contribution in [0.25, 0.3) is 0 Å². The highest BCUT2D eigenvalue weighted by atomic mass is 16.5. The Morgan fingerprint density at radius 3 is 2.28 bits per heavy atom. The van der Waals surface area contributed by atoms with E-state index in [1.165, 1.54) is 11.1 Å². The first-order valence-electron chi connectivity index (χ1n) is 8.63. The van der Waals surface area contributed by atoms with Gasteiger partial charge in [0.15, 0.2) is 0 Å². The predicted molar refractivity (Wildman–Crippen MR) is 102 cm³/mol. The van der Waals surface area contributed by atoms with Gasteiger partial charge in [0.05, 0.1) is 7.11 Å². The van der Waals surface area contributed by atoms with E-state index < -0.39 is 0 Å². The number of nitrogens with zero attached hydrogens (tertiary/aromatic N) is 1. The van der Waals surface area contributed by atoms with Gasteiger partial charge >= 0.3 is 0 Å². The quantitative estimate of drug-likeness (QED) is 0.661. The molecule has 2 aromatic carbocycles. The van der Waals surface area contributed by atoms with Gasteiger partial charge in [-0.05, 0) is 56.3 Å². The molecule has 0 aliphatic carbocycles. The third-order valence-corrected chi connectivity index (χ3v) is 4.14. The van der Waals surface area contributed by atoms with Crippen molar-refractivity contribution in [3.8, 4) is 11.5 Å². The molecule has 0 spiro atoms. The molecule has 0 saturated carbocycles. The van der Waals surface area contributed by atoms with Gasteiger partial charge in [-0.15, -0.1) is 0 Å². The van der Waals surface area contributed by atoms with E-state index in [-0.39, 0.29) is 6.10 Å². The van der Waals surface area contributed by atoms with Gasteiger partial charge in [0.1, 0.15) is 24.2 Å². The van der Waals surface area contributed by atoms with E-state index in [2.05, 4.69) is 29.2 Å². The van der Waals surface area contributed by atoms with Crippen LogP contribution in [-0.4, -0.2) is 52.5 Å². The van der Waals surface area contributed by atoms with Crippen molar-refractivity contribution in [2.75, 3.05) is 41.5 Å². The van der Waals surface area contributed by atoms with Crippen LogP contribution in [0.4, 0.5) is 0 Å². The SMILES string of the molecule is COc1ccc(CCc2ccccc2OCC(CN(C)C)OC)cc1. The number of rotatable bonds is 10. The van der Waals surface area contributed by atoms with Crippen LogP contribution >= 0.6 is 0 Å². The summed E-state index contributed by atoms with van der Waals surface area (Å²) in [7, 11) is 7.49. The van der Waals surface area contributed by atoms with Gasteiger partial charge in [0.2, 0.25) is 0 Å². The number of aryl methyl sites for hydroxylation is 2. The zero-order valence-corrected chi connectivity index (χ0v) is 15.7. The molecule has 0 saturated heterocycles. The van der Waals surface area contributed by atoms with E-state index in [9.17, 15) is 0 Å². The fourth-order valence-electron chi connectivity index (χ4n) is 2.71. The molecule has 1 unspecified atom stereocenters. The molecule has 0 aliphatic heterocycles. The lowest BCUT2D eigenvalue weighted by atomic mass is 10.0. The molecule has 0 aliphatic rings. The van der Waals surface area contributed by atoms with Crippen molar-refractivity contribution in [2.45, 2.75) is 18.9 Å². The molecule has 4 nitrogen and oxygen atoms in total. The van der Waals surface area contributed by atoms with Gasteiger partial charge in [0, 0.05) is 13.7 Å². The normalized spacial score (nSPS) is 12.2. The summed E-state index contributed by atoms with van der Waals surface area (Å²) >= 11 is 0. The van der Waals surface area contributed by atoms with Crippen LogP contribution in [0.3, 0.4) is 0 Å². The van der Waals surface area contributed by atoms with Crippen LogP contribution in [-0.2, 0) is 17.6 Å². The lowest BCUT2D eigenvalue weighted by Gasteiger charge is -2.21. The van der Waals surface area contributed by atoms with E-state index in [1.54, 1.807) is 14.2 Å². The van der Waals surface area contributed by atoms with Gasteiger partial charge in [0.25, 0.3) is 0 Å². The first kappa shape index (κ1) is 19.3. The third kappa shape index (κ3) is 6.40. The average molecular weight is 343 g/mol. The Bertz CT molecular complexity index is 625. The largest absolute Gasteiger partial charge is 0.497 e. The minimum absolute atomic E-state index is 0.0599. The summed E-state index contributed by atoms with van der Waals surface area (Å²) in [6.07, 6.45) is 1.97. The second-order valence-electron chi connectivity index (χ2n) is 6.39. The summed E-state index contributed by atoms with van der Waals surface area (Å²) in [4.78, 5) is 2.10. The average Bonchev–Trinajstić information content (AvgIpc) is 2.64. The monoisotopic (exact) mass is 343 g/mol. The summed E-state index contributed by atoms with van der Waals surface area (Å²) in [5.74, 6) is 1.83. The minimum atomic E-state index is 0.0599. The van der Waals surface area contributed by atoms with Crippen molar-refractivity contribution in [3.05, 3.63) is 59.7 Å². The molecule has 0 fully saturated rings. The molecule has 1 atom stereocenters. The topological polar surface area (TPSA) is 30.9 Å². The molecular formula is C21H29NO3. The highest BCUT2D eigenvalue weighted by Crippen LogP contribution is 2.21. The first-order valence-corrected chi connectivity index (χ1v) is 8.63. The number of hydrogen-bond donors (Lipinski definition) is 0. The summed E-state index contributed by atoms with van der Waals surface area (Å²) < 4.78 is 16.7. The van der Waals surface area contributed by atoms with Gasteiger partial charge < -0.3 is 19.1 Å². The van der Waals surface area contributed by atoms with Crippen LogP contribution < -0.4 is 9.47 Å². The smallest absolute Gasteiger partial charge is 0.122 e.